The Morgan fingerprint density at radius 1 is 0.871 bits per heavy atom. The van der Waals surface area contributed by atoms with Gasteiger partial charge in [0.15, 0.2) is 5.82 Å². The quantitative estimate of drug-likeness (QED) is 0.497. The minimum atomic E-state index is -0.336. The van der Waals surface area contributed by atoms with Gasteiger partial charge in [0.25, 0.3) is 5.91 Å². The van der Waals surface area contributed by atoms with E-state index in [1.54, 1.807) is 38.2 Å². The van der Waals surface area contributed by atoms with Gasteiger partial charge >= 0.3 is 0 Å². The first-order valence-corrected chi connectivity index (χ1v) is 9.79. The molecule has 1 amide bonds. The topological polar surface area (TPSA) is 106 Å². The highest BCUT2D eigenvalue weighted by Gasteiger charge is 2.14. The van der Waals surface area contributed by atoms with Crippen LogP contribution in [0.3, 0.4) is 0 Å². The summed E-state index contributed by atoms with van der Waals surface area (Å²) in [5, 5.41) is 6.01. The Hall–Kier alpha value is -4.20. The van der Waals surface area contributed by atoms with E-state index < -0.39 is 0 Å². The number of aryl methyl sites for hydroxylation is 2. The Morgan fingerprint density at radius 3 is 2.42 bits per heavy atom. The van der Waals surface area contributed by atoms with Crippen molar-refractivity contribution in [2.24, 2.45) is 0 Å². The number of carbonyl (C=O) groups excluding carboxylic acids is 1. The number of hydrogen-bond acceptors (Lipinski definition) is 7. The number of nitrogens with one attached hydrogen (secondary N) is 2. The molecule has 8 nitrogen and oxygen atoms in total. The van der Waals surface area contributed by atoms with Crippen molar-refractivity contribution in [3.63, 3.8) is 0 Å². The second-order valence-corrected chi connectivity index (χ2v) is 6.87. The number of amides is 1. The first-order valence-electron chi connectivity index (χ1n) is 9.79. The molecule has 1 aromatic carbocycles. The third-order valence-electron chi connectivity index (χ3n) is 4.51. The van der Waals surface area contributed by atoms with Crippen LogP contribution in [0, 0.1) is 13.8 Å². The highest BCUT2D eigenvalue weighted by molar-refractivity contribution is 6.04. The Morgan fingerprint density at radius 2 is 1.68 bits per heavy atom. The molecule has 0 aliphatic rings. The van der Waals surface area contributed by atoms with E-state index in [0.29, 0.717) is 41.0 Å². The van der Waals surface area contributed by atoms with Crippen LogP contribution >= 0.6 is 0 Å². The van der Waals surface area contributed by atoms with E-state index in [2.05, 4.69) is 35.6 Å². The molecule has 0 bridgehead atoms. The molecule has 0 unspecified atom stereocenters. The maximum atomic E-state index is 12.8. The van der Waals surface area contributed by atoms with Crippen LogP contribution in [0.25, 0.3) is 11.5 Å². The van der Waals surface area contributed by atoms with E-state index in [4.69, 9.17) is 0 Å². The molecule has 4 rings (SSSR count). The molecule has 0 spiro atoms. The number of pyridine rings is 2. The molecule has 4 aromatic rings. The highest BCUT2D eigenvalue weighted by atomic mass is 16.1. The summed E-state index contributed by atoms with van der Waals surface area (Å²) < 4.78 is 0. The summed E-state index contributed by atoms with van der Waals surface area (Å²) in [5.74, 6) is 1.42. The van der Waals surface area contributed by atoms with Gasteiger partial charge in [-0.15, -0.1) is 0 Å². The largest absolute Gasteiger partial charge is 0.366 e. The molecule has 154 valence electrons. The third kappa shape index (κ3) is 5.05. The van der Waals surface area contributed by atoms with Gasteiger partial charge in [-0.3, -0.25) is 15.1 Å². The maximum Gasteiger partial charge on any atom is 0.259 e. The summed E-state index contributed by atoms with van der Waals surface area (Å²) in [4.78, 5) is 34.4. The van der Waals surface area contributed by atoms with Gasteiger partial charge in [0.05, 0.1) is 11.3 Å². The number of aromatic nitrogens is 5. The number of carbonyl (C=O) groups is 1. The Labute approximate surface area is 179 Å². The molecule has 0 fully saturated rings. The number of rotatable bonds is 6. The lowest BCUT2D eigenvalue weighted by molar-refractivity contribution is 0.102. The molecule has 0 radical (unpaired) electrons. The van der Waals surface area contributed by atoms with Crippen LogP contribution in [0.4, 0.5) is 11.8 Å². The van der Waals surface area contributed by atoms with Gasteiger partial charge in [-0.2, -0.15) is 9.97 Å². The van der Waals surface area contributed by atoms with Crippen LogP contribution < -0.4 is 10.6 Å². The molecule has 3 heterocycles. The van der Waals surface area contributed by atoms with Crippen LogP contribution in [0.5, 0.6) is 0 Å². The summed E-state index contributed by atoms with van der Waals surface area (Å²) in [6.45, 7) is 4.18. The Balaban J connectivity index is 1.48. The van der Waals surface area contributed by atoms with Crippen molar-refractivity contribution in [1.82, 2.24) is 24.9 Å². The summed E-state index contributed by atoms with van der Waals surface area (Å²) >= 11 is 0. The second kappa shape index (κ2) is 9.08. The Kier molecular flexibility index (Phi) is 5.89. The maximum absolute atomic E-state index is 12.8. The van der Waals surface area contributed by atoms with Gasteiger partial charge in [0.2, 0.25) is 5.95 Å². The zero-order valence-electron chi connectivity index (χ0n) is 17.2. The summed E-state index contributed by atoms with van der Waals surface area (Å²) in [6, 6.07) is 19.0. The molecule has 31 heavy (non-hydrogen) atoms. The standard InChI is InChI=1S/C23H21N7O/c1-15-18(11-12-20(26-15)25-14-17-8-4-3-5-9-17)22(31)30-23-28-16(2)27-21(29-23)19-10-6-7-13-24-19/h3-13H,14H2,1-2H3,(H,25,26)(H,27,28,29,30,31). The number of nitrogens with zero attached hydrogens (tertiary/aromatic N) is 5. The summed E-state index contributed by atoms with van der Waals surface area (Å²) in [7, 11) is 0. The molecule has 0 aliphatic heterocycles. The second-order valence-electron chi connectivity index (χ2n) is 6.87. The SMILES string of the molecule is Cc1nc(NC(=O)c2ccc(NCc3ccccc3)nc2C)nc(-c2ccccn2)n1. The van der Waals surface area contributed by atoms with Gasteiger partial charge in [0.1, 0.15) is 17.3 Å². The number of hydrogen-bond donors (Lipinski definition) is 2. The van der Waals surface area contributed by atoms with E-state index in [0.717, 1.165) is 5.56 Å². The molecule has 2 N–H and O–H groups in total. The predicted molar refractivity (Wildman–Crippen MR) is 118 cm³/mol. The lowest BCUT2D eigenvalue weighted by Gasteiger charge is -2.10. The fourth-order valence-electron chi connectivity index (χ4n) is 3.00. The lowest BCUT2D eigenvalue weighted by Crippen LogP contribution is -2.17. The van der Waals surface area contributed by atoms with Crippen LogP contribution in [0.2, 0.25) is 0 Å². The van der Waals surface area contributed by atoms with Crippen molar-refractivity contribution in [3.8, 4) is 11.5 Å². The van der Waals surface area contributed by atoms with Gasteiger partial charge in [-0.1, -0.05) is 36.4 Å². The monoisotopic (exact) mass is 411 g/mol. The average molecular weight is 411 g/mol. The van der Waals surface area contributed by atoms with Crippen molar-refractivity contribution in [2.75, 3.05) is 10.6 Å². The average Bonchev–Trinajstić information content (AvgIpc) is 2.78. The van der Waals surface area contributed by atoms with E-state index in [1.807, 2.05) is 42.5 Å². The van der Waals surface area contributed by atoms with Gasteiger partial charge < -0.3 is 5.32 Å². The first kappa shape index (κ1) is 20.1. The molecule has 8 heteroatoms. The fraction of sp³-hybridized carbons (Fsp3) is 0.130. The van der Waals surface area contributed by atoms with Crippen molar-refractivity contribution < 1.29 is 4.79 Å². The molecular formula is C23H21N7O. The van der Waals surface area contributed by atoms with Gasteiger partial charge in [0, 0.05) is 12.7 Å². The molecule has 3 aromatic heterocycles. The van der Waals surface area contributed by atoms with Crippen LogP contribution in [-0.4, -0.2) is 30.8 Å². The molecular weight excluding hydrogens is 390 g/mol. The lowest BCUT2D eigenvalue weighted by atomic mass is 10.2. The normalized spacial score (nSPS) is 10.5. The van der Waals surface area contributed by atoms with E-state index in [9.17, 15) is 4.79 Å². The smallest absolute Gasteiger partial charge is 0.259 e. The molecule has 0 saturated heterocycles. The van der Waals surface area contributed by atoms with Crippen LogP contribution in [0.1, 0.15) is 27.4 Å². The van der Waals surface area contributed by atoms with Crippen molar-refractivity contribution in [2.45, 2.75) is 20.4 Å². The minimum absolute atomic E-state index is 0.170. The number of anilines is 2. The van der Waals surface area contributed by atoms with E-state index >= 15 is 0 Å². The first-order chi connectivity index (χ1) is 15.1. The summed E-state index contributed by atoms with van der Waals surface area (Å²) in [5.41, 5.74) is 2.81. The van der Waals surface area contributed by atoms with Gasteiger partial charge in [-0.25, -0.2) is 9.97 Å². The summed E-state index contributed by atoms with van der Waals surface area (Å²) in [6.07, 6.45) is 1.66. The van der Waals surface area contributed by atoms with Gasteiger partial charge in [-0.05, 0) is 43.7 Å². The van der Waals surface area contributed by atoms with E-state index in [1.165, 1.54) is 0 Å². The predicted octanol–water partition coefficient (Wildman–Crippen LogP) is 3.81. The van der Waals surface area contributed by atoms with E-state index in [-0.39, 0.29) is 11.9 Å². The van der Waals surface area contributed by atoms with Crippen molar-refractivity contribution >= 4 is 17.7 Å². The molecule has 0 atom stereocenters. The highest BCUT2D eigenvalue weighted by Crippen LogP contribution is 2.16. The Bertz CT molecular complexity index is 1200. The van der Waals surface area contributed by atoms with Crippen LogP contribution in [-0.2, 0) is 6.54 Å². The third-order valence-corrected chi connectivity index (χ3v) is 4.51. The number of benzene rings is 1. The van der Waals surface area contributed by atoms with Crippen LogP contribution in [0.15, 0.2) is 66.9 Å². The van der Waals surface area contributed by atoms with Crippen molar-refractivity contribution in [3.05, 3.63) is 89.5 Å². The minimum Gasteiger partial charge on any atom is -0.366 e. The molecule has 0 saturated carbocycles. The molecule has 0 aliphatic carbocycles. The fourth-order valence-corrected chi connectivity index (χ4v) is 3.00. The zero-order chi connectivity index (χ0) is 21.6. The zero-order valence-corrected chi connectivity index (χ0v) is 17.2. The van der Waals surface area contributed by atoms with Crippen molar-refractivity contribution in [1.29, 1.82) is 0 Å².